The van der Waals surface area contributed by atoms with E-state index in [4.69, 9.17) is 18.9 Å². The lowest BCUT2D eigenvalue weighted by molar-refractivity contribution is -0.0706. The molecule has 0 saturated carbocycles. The van der Waals surface area contributed by atoms with E-state index in [2.05, 4.69) is 11.6 Å². The molecule has 9 nitrogen and oxygen atoms in total. The molecule has 0 amide bonds. The first kappa shape index (κ1) is 27.1. The summed E-state index contributed by atoms with van der Waals surface area (Å²) >= 11 is 0. The average molecular weight is 505 g/mol. The molecule has 0 N–H and O–H groups in total. The first-order valence-electron chi connectivity index (χ1n) is 11.4. The van der Waals surface area contributed by atoms with Crippen LogP contribution in [0, 0.1) is 24.4 Å². The Balaban J connectivity index is 1.91. The van der Waals surface area contributed by atoms with E-state index in [9.17, 15) is 14.2 Å². The standard InChI is InChI=1S/C25H33N2O7P/c1-18-15-26(25(29)27(23(18)28)17-32-16-20-9-7-6-8-10-20)24-22(33-13-12-31-3)19(2)21(34-24)11-14-35(4,5)30/h6-10,15,19,21-22,24H,12-13,16-17H2,1-5H3/t19-,21-,22-,24-/m1/s1. The molecule has 0 radical (unpaired) electrons. The largest absolute Gasteiger partial charge is 0.382 e. The Morgan fingerprint density at radius 3 is 2.51 bits per heavy atom. The SMILES string of the molecule is COCCO[C@@H]1[C@H](C)[C@@H](C#CP(C)(C)=O)O[C@H]1n1cc(C)c(=O)n(COCc2ccccc2)c1=O. The summed E-state index contributed by atoms with van der Waals surface area (Å²) in [7, 11) is -1.01. The van der Waals surface area contributed by atoms with Crippen molar-refractivity contribution in [2.45, 2.75) is 45.6 Å². The number of hydrogen-bond donors (Lipinski definition) is 0. The molecule has 1 aromatic heterocycles. The molecule has 1 saturated heterocycles. The van der Waals surface area contributed by atoms with Gasteiger partial charge in [0.2, 0.25) is 0 Å². The molecule has 1 fully saturated rings. The van der Waals surface area contributed by atoms with Crippen molar-refractivity contribution in [2.24, 2.45) is 5.92 Å². The maximum absolute atomic E-state index is 13.4. The molecule has 0 unspecified atom stereocenters. The minimum absolute atomic E-state index is 0.205. The van der Waals surface area contributed by atoms with Crippen molar-refractivity contribution in [3.05, 3.63) is 68.5 Å². The van der Waals surface area contributed by atoms with E-state index in [-0.39, 0.29) is 19.3 Å². The van der Waals surface area contributed by atoms with Gasteiger partial charge in [-0.15, -0.1) is 0 Å². The quantitative estimate of drug-likeness (QED) is 0.294. The van der Waals surface area contributed by atoms with Gasteiger partial charge < -0.3 is 23.5 Å². The molecule has 1 aliphatic rings. The first-order valence-corrected chi connectivity index (χ1v) is 14.0. The number of aromatic nitrogens is 2. The molecule has 3 rings (SSSR count). The predicted molar refractivity (Wildman–Crippen MR) is 133 cm³/mol. The van der Waals surface area contributed by atoms with Crippen molar-refractivity contribution in [2.75, 3.05) is 33.7 Å². The van der Waals surface area contributed by atoms with Gasteiger partial charge in [0.15, 0.2) is 6.23 Å². The van der Waals surface area contributed by atoms with E-state index in [0.29, 0.717) is 18.8 Å². The Hall–Kier alpha value is -2.47. The second kappa shape index (κ2) is 12.0. The molecule has 10 heteroatoms. The molecule has 1 aromatic carbocycles. The normalized spacial score (nSPS) is 22.1. The van der Waals surface area contributed by atoms with Crippen LogP contribution in [0.15, 0.2) is 46.1 Å². The van der Waals surface area contributed by atoms with Crippen molar-refractivity contribution in [3.8, 4) is 11.6 Å². The zero-order chi connectivity index (χ0) is 25.6. The average Bonchev–Trinajstić information content (AvgIpc) is 3.13. The smallest absolute Gasteiger partial charge is 0.335 e. The van der Waals surface area contributed by atoms with Crippen LogP contribution >= 0.6 is 7.14 Å². The molecule has 0 aliphatic carbocycles. The third-order valence-electron chi connectivity index (χ3n) is 5.61. The monoisotopic (exact) mass is 504 g/mol. The molecule has 4 atom stereocenters. The molecule has 2 aromatic rings. The van der Waals surface area contributed by atoms with Crippen LogP contribution in [0.4, 0.5) is 0 Å². The highest BCUT2D eigenvalue weighted by Crippen LogP contribution is 2.37. The highest BCUT2D eigenvalue weighted by molar-refractivity contribution is 7.67. The molecular weight excluding hydrogens is 471 g/mol. The minimum atomic E-state index is -2.58. The summed E-state index contributed by atoms with van der Waals surface area (Å²) in [5.74, 6) is 2.72. The van der Waals surface area contributed by atoms with Gasteiger partial charge in [0, 0.05) is 24.8 Å². The third-order valence-corrected chi connectivity index (χ3v) is 6.28. The fourth-order valence-electron chi connectivity index (χ4n) is 3.78. The van der Waals surface area contributed by atoms with Crippen molar-refractivity contribution < 1.29 is 23.5 Å². The number of aryl methyl sites for hydroxylation is 1. The van der Waals surface area contributed by atoms with E-state index in [1.54, 1.807) is 27.4 Å². The number of nitrogens with zero attached hydrogens (tertiary/aromatic N) is 2. The maximum Gasteiger partial charge on any atom is 0.335 e. The number of hydrogen-bond acceptors (Lipinski definition) is 7. The van der Waals surface area contributed by atoms with Crippen LogP contribution in [0.5, 0.6) is 0 Å². The van der Waals surface area contributed by atoms with Crippen molar-refractivity contribution in [1.29, 1.82) is 0 Å². The molecular formula is C25H33N2O7P. The van der Waals surface area contributed by atoms with Gasteiger partial charge in [-0.1, -0.05) is 43.2 Å². The van der Waals surface area contributed by atoms with Gasteiger partial charge in [0.1, 0.15) is 26.1 Å². The van der Waals surface area contributed by atoms with E-state index >= 15 is 0 Å². The van der Waals surface area contributed by atoms with Gasteiger partial charge in [-0.2, -0.15) is 0 Å². The predicted octanol–water partition coefficient (Wildman–Crippen LogP) is 2.64. The van der Waals surface area contributed by atoms with E-state index < -0.39 is 36.8 Å². The highest BCUT2D eigenvalue weighted by Gasteiger charge is 2.44. The Labute approximate surface area is 205 Å². The highest BCUT2D eigenvalue weighted by atomic mass is 31.2. The molecule has 0 bridgehead atoms. The summed E-state index contributed by atoms with van der Waals surface area (Å²) in [5, 5.41) is 0. The molecule has 190 valence electrons. The molecule has 35 heavy (non-hydrogen) atoms. The van der Waals surface area contributed by atoms with Crippen molar-refractivity contribution in [1.82, 2.24) is 9.13 Å². The van der Waals surface area contributed by atoms with Gasteiger partial charge in [0.05, 0.1) is 19.8 Å². The number of rotatable bonds is 9. The van der Waals surface area contributed by atoms with E-state index in [0.717, 1.165) is 10.1 Å². The summed E-state index contributed by atoms with van der Waals surface area (Å²) in [4.78, 5) is 26.1. The number of methoxy groups -OCH3 is 1. The minimum Gasteiger partial charge on any atom is -0.382 e. The Morgan fingerprint density at radius 2 is 1.86 bits per heavy atom. The summed E-state index contributed by atoms with van der Waals surface area (Å²) in [6.07, 6.45) is -0.488. The van der Waals surface area contributed by atoms with Crippen LogP contribution in [-0.2, 0) is 36.9 Å². The van der Waals surface area contributed by atoms with Crippen LogP contribution in [-0.4, -0.2) is 55.0 Å². The molecule has 0 spiro atoms. The van der Waals surface area contributed by atoms with Crippen molar-refractivity contribution in [3.63, 3.8) is 0 Å². The van der Waals surface area contributed by atoms with Gasteiger partial charge in [0.25, 0.3) is 5.56 Å². The van der Waals surface area contributed by atoms with Crippen LogP contribution in [0.3, 0.4) is 0 Å². The van der Waals surface area contributed by atoms with Crippen LogP contribution in [0.2, 0.25) is 0 Å². The molecule has 2 heterocycles. The number of benzene rings is 1. The van der Waals surface area contributed by atoms with E-state index in [1.165, 1.54) is 10.8 Å². The van der Waals surface area contributed by atoms with Crippen LogP contribution in [0.1, 0.15) is 24.3 Å². The fraction of sp³-hybridized carbons (Fsp3) is 0.520. The van der Waals surface area contributed by atoms with E-state index in [1.807, 2.05) is 37.3 Å². The first-order chi connectivity index (χ1) is 16.6. The Kier molecular flexibility index (Phi) is 9.28. The lowest BCUT2D eigenvalue weighted by Crippen LogP contribution is -2.44. The third kappa shape index (κ3) is 7.03. The van der Waals surface area contributed by atoms with Crippen molar-refractivity contribution >= 4 is 7.14 Å². The Bertz CT molecular complexity index is 1220. The summed E-state index contributed by atoms with van der Waals surface area (Å²) < 4.78 is 37.5. The molecule has 1 aliphatic heterocycles. The second-order valence-corrected chi connectivity index (χ2v) is 11.9. The van der Waals surface area contributed by atoms with Gasteiger partial charge >= 0.3 is 5.69 Å². The van der Waals surface area contributed by atoms with Crippen LogP contribution < -0.4 is 11.2 Å². The lowest BCUT2D eigenvalue weighted by atomic mass is 10.0. The summed E-state index contributed by atoms with van der Waals surface area (Å²) in [5.41, 5.74) is 3.07. The fourth-order valence-corrected chi connectivity index (χ4v) is 4.22. The van der Waals surface area contributed by atoms with Crippen LogP contribution in [0.25, 0.3) is 0 Å². The Morgan fingerprint density at radius 1 is 1.14 bits per heavy atom. The maximum atomic E-state index is 13.4. The topological polar surface area (TPSA) is 98.0 Å². The zero-order valence-corrected chi connectivity index (χ0v) is 21.7. The van der Waals surface area contributed by atoms with Gasteiger partial charge in [-0.05, 0) is 31.5 Å². The summed E-state index contributed by atoms with van der Waals surface area (Å²) in [6, 6.07) is 9.49. The lowest BCUT2D eigenvalue weighted by Gasteiger charge is -2.24. The second-order valence-electron chi connectivity index (χ2n) is 8.94. The zero-order valence-electron chi connectivity index (χ0n) is 20.8. The summed E-state index contributed by atoms with van der Waals surface area (Å²) in [6.45, 7) is 7.42. The van der Waals surface area contributed by atoms with Gasteiger partial charge in [-0.25, -0.2) is 9.36 Å². The van der Waals surface area contributed by atoms with Gasteiger partial charge in [-0.3, -0.25) is 9.36 Å². The number of ether oxygens (including phenoxy) is 4.